The van der Waals surface area contributed by atoms with Crippen LogP contribution in [0, 0.1) is 19.7 Å². The molecule has 0 radical (unpaired) electrons. The summed E-state index contributed by atoms with van der Waals surface area (Å²) in [5, 5.41) is 2.24. The van der Waals surface area contributed by atoms with Gasteiger partial charge in [0.05, 0.1) is 5.69 Å². The van der Waals surface area contributed by atoms with Crippen molar-refractivity contribution in [2.75, 3.05) is 4.90 Å². The maximum atomic E-state index is 13.4. The molecule has 0 aromatic heterocycles. The molecule has 0 atom stereocenters. The average molecular weight is 444 g/mol. The summed E-state index contributed by atoms with van der Waals surface area (Å²) in [6.07, 6.45) is 1.39. The lowest BCUT2D eigenvalue weighted by molar-refractivity contribution is -0.122. The number of amides is 4. The second-order valence-corrected chi connectivity index (χ2v) is 7.70. The normalized spacial score (nSPS) is 15.1. The molecule has 1 saturated heterocycles. The molecule has 0 unspecified atom stereocenters. The Bertz CT molecular complexity index is 1300. The number of aryl methyl sites for hydroxylation is 2. The summed E-state index contributed by atoms with van der Waals surface area (Å²) < 4.78 is 19.3. The van der Waals surface area contributed by atoms with Crippen molar-refractivity contribution in [3.05, 3.63) is 100 Å². The Labute approximate surface area is 190 Å². The summed E-state index contributed by atoms with van der Waals surface area (Å²) in [6, 6.07) is 17.5. The molecule has 4 rings (SSSR count). The molecule has 0 spiro atoms. The lowest BCUT2D eigenvalue weighted by Crippen LogP contribution is -2.54. The Kier molecular flexibility index (Phi) is 6.04. The van der Waals surface area contributed by atoms with Gasteiger partial charge in [-0.3, -0.25) is 14.9 Å². The first-order chi connectivity index (χ1) is 15.8. The van der Waals surface area contributed by atoms with Crippen LogP contribution < -0.4 is 15.0 Å². The second-order valence-electron chi connectivity index (χ2n) is 7.70. The highest BCUT2D eigenvalue weighted by molar-refractivity contribution is 6.39. The number of halogens is 1. The number of rotatable bonds is 5. The van der Waals surface area contributed by atoms with Crippen LogP contribution in [0.1, 0.15) is 22.3 Å². The molecule has 0 aliphatic carbocycles. The third kappa shape index (κ3) is 4.67. The first kappa shape index (κ1) is 22.0. The number of para-hydroxylation sites is 1. The fraction of sp³-hybridized carbons (Fsp3) is 0.115. The van der Waals surface area contributed by atoms with E-state index in [0.717, 1.165) is 16.0 Å². The van der Waals surface area contributed by atoms with Gasteiger partial charge in [-0.25, -0.2) is 14.1 Å². The molecule has 0 bridgehead atoms. The van der Waals surface area contributed by atoms with Crippen LogP contribution >= 0.6 is 0 Å². The summed E-state index contributed by atoms with van der Waals surface area (Å²) in [6.45, 7) is 3.74. The Morgan fingerprint density at radius 1 is 0.970 bits per heavy atom. The number of benzene rings is 3. The third-order valence-electron chi connectivity index (χ3n) is 5.21. The Hall–Kier alpha value is -4.26. The predicted octanol–water partition coefficient (Wildman–Crippen LogP) is 4.69. The minimum absolute atomic E-state index is 0.102. The number of hydrogen-bond acceptors (Lipinski definition) is 4. The number of ether oxygens (including phenoxy) is 1. The van der Waals surface area contributed by atoms with Crippen LogP contribution in [0.5, 0.6) is 5.75 Å². The van der Waals surface area contributed by atoms with Crippen molar-refractivity contribution in [2.45, 2.75) is 20.5 Å². The van der Waals surface area contributed by atoms with Crippen LogP contribution in [-0.4, -0.2) is 17.8 Å². The van der Waals surface area contributed by atoms with Gasteiger partial charge in [0.25, 0.3) is 11.8 Å². The largest absolute Gasteiger partial charge is 0.488 e. The lowest BCUT2D eigenvalue weighted by atomic mass is 10.0. The molecule has 1 aliphatic heterocycles. The molecule has 1 heterocycles. The number of anilines is 1. The molecule has 1 N–H and O–H groups in total. The van der Waals surface area contributed by atoms with E-state index in [1.165, 1.54) is 18.2 Å². The van der Waals surface area contributed by atoms with Gasteiger partial charge in [0.2, 0.25) is 0 Å². The summed E-state index contributed by atoms with van der Waals surface area (Å²) in [5.74, 6) is -1.47. The van der Waals surface area contributed by atoms with E-state index in [1.807, 2.05) is 13.0 Å². The molecule has 3 aromatic carbocycles. The summed E-state index contributed by atoms with van der Waals surface area (Å²) in [4.78, 5) is 39.3. The minimum Gasteiger partial charge on any atom is -0.488 e. The molecule has 3 aromatic rings. The summed E-state index contributed by atoms with van der Waals surface area (Å²) >= 11 is 0. The molecule has 1 fully saturated rings. The third-order valence-corrected chi connectivity index (χ3v) is 5.21. The van der Waals surface area contributed by atoms with Crippen molar-refractivity contribution in [3.8, 4) is 5.75 Å². The standard InChI is InChI=1S/C26H21FN2O4/c1-16-10-11-17(2)22(12-16)29-25(31)21(24(30)28-26(29)32)14-19-7-3-4-9-23(19)33-15-18-6-5-8-20(27)13-18/h3-14H,15H2,1-2H3,(H,28,30,32)/b21-14+. The fourth-order valence-electron chi connectivity index (χ4n) is 3.51. The van der Waals surface area contributed by atoms with Gasteiger partial charge >= 0.3 is 6.03 Å². The molecule has 4 amide bonds. The number of carbonyl (C=O) groups is 3. The highest BCUT2D eigenvalue weighted by Crippen LogP contribution is 2.28. The van der Waals surface area contributed by atoms with E-state index >= 15 is 0 Å². The van der Waals surface area contributed by atoms with E-state index in [2.05, 4.69) is 5.32 Å². The van der Waals surface area contributed by atoms with Gasteiger partial charge < -0.3 is 4.74 Å². The molecule has 6 nitrogen and oxygen atoms in total. The first-order valence-corrected chi connectivity index (χ1v) is 10.3. The van der Waals surface area contributed by atoms with Crippen LogP contribution in [0.3, 0.4) is 0 Å². The Balaban J connectivity index is 1.66. The van der Waals surface area contributed by atoms with Gasteiger partial charge in [0.15, 0.2) is 0 Å². The molecule has 166 valence electrons. The molecular formula is C26H21FN2O4. The number of urea groups is 1. The smallest absolute Gasteiger partial charge is 0.335 e. The zero-order valence-electron chi connectivity index (χ0n) is 18.1. The van der Waals surface area contributed by atoms with Crippen molar-refractivity contribution < 1.29 is 23.5 Å². The van der Waals surface area contributed by atoms with Crippen LogP contribution in [0.25, 0.3) is 6.08 Å². The van der Waals surface area contributed by atoms with Crippen LogP contribution in [-0.2, 0) is 16.2 Å². The number of nitrogens with zero attached hydrogens (tertiary/aromatic N) is 1. The second kappa shape index (κ2) is 9.08. The zero-order chi connectivity index (χ0) is 23.5. The maximum Gasteiger partial charge on any atom is 0.335 e. The van der Waals surface area contributed by atoms with Crippen molar-refractivity contribution >= 4 is 29.6 Å². The number of barbiturate groups is 1. The van der Waals surface area contributed by atoms with E-state index < -0.39 is 17.8 Å². The number of hydrogen-bond donors (Lipinski definition) is 1. The van der Waals surface area contributed by atoms with Crippen molar-refractivity contribution in [3.63, 3.8) is 0 Å². The number of imide groups is 2. The Morgan fingerprint density at radius 3 is 2.55 bits per heavy atom. The Morgan fingerprint density at radius 2 is 1.76 bits per heavy atom. The van der Waals surface area contributed by atoms with Gasteiger partial charge in [-0.2, -0.15) is 0 Å². The van der Waals surface area contributed by atoms with Crippen molar-refractivity contribution in [2.24, 2.45) is 0 Å². The van der Waals surface area contributed by atoms with E-state index in [-0.39, 0.29) is 18.0 Å². The molecule has 7 heteroatoms. The first-order valence-electron chi connectivity index (χ1n) is 10.3. The lowest BCUT2D eigenvalue weighted by Gasteiger charge is -2.28. The fourth-order valence-corrected chi connectivity index (χ4v) is 3.51. The summed E-state index contributed by atoms with van der Waals surface area (Å²) in [7, 11) is 0. The number of nitrogens with one attached hydrogen (secondary N) is 1. The average Bonchev–Trinajstić information content (AvgIpc) is 2.78. The van der Waals surface area contributed by atoms with Gasteiger partial charge in [0, 0.05) is 5.56 Å². The maximum absolute atomic E-state index is 13.4. The topological polar surface area (TPSA) is 75.7 Å². The molecule has 1 aliphatic rings. The zero-order valence-corrected chi connectivity index (χ0v) is 18.1. The SMILES string of the molecule is Cc1ccc(C)c(N2C(=O)NC(=O)/C(=C\c3ccccc3OCc3cccc(F)c3)C2=O)c1. The monoisotopic (exact) mass is 444 g/mol. The number of carbonyl (C=O) groups excluding carboxylic acids is 3. The quantitative estimate of drug-likeness (QED) is 0.458. The van der Waals surface area contributed by atoms with Gasteiger partial charge in [-0.15, -0.1) is 0 Å². The van der Waals surface area contributed by atoms with Crippen molar-refractivity contribution in [1.29, 1.82) is 0 Å². The van der Waals surface area contributed by atoms with Crippen LogP contribution in [0.15, 0.2) is 72.3 Å². The van der Waals surface area contributed by atoms with E-state index in [1.54, 1.807) is 55.5 Å². The van der Waals surface area contributed by atoms with Crippen LogP contribution in [0.2, 0.25) is 0 Å². The highest BCUT2D eigenvalue weighted by Gasteiger charge is 2.37. The molecule has 0 saturated carbocycles. The van der Waals surface area contributed by atoms with Crippen molar-refractivity contribution in [1.82, 2.24) is 5.32 Å². The van der Waals surface area contributed by atoms with Crippen LogP contribution in [0.4, 0.5) is 14.9 Å². The van der Waals surface area contributed by atoms with Gasteiger partial charge in [-0.1, -0.05) is 42.5 Å². The highest BCUT2D eigenvalue weighted by atomic mass is 19.1. The van der Waals surface area contributed by atoms with E-state index in [4.69, 9.17) is 4.74 Å². The van der Waals surface area contributed by atoms with Gasteiger partial charge in [-0.05, 0) is 60.9 Å². The van der Waals surface area contributed by atoms with E-state index in [0.29, 0.717) is 22.6 Å². The predicted molar refractivity (Wildman–Crippen MR) is 122 cm³/mol. The van der Waals surface area contributed by atoms with E-state index in [9.17, 15) is 18.8 Å². The summed E-state index contributed by atoms with van der Waals surface area (Å²) in [5.41, 5.74) is 2.91. The minimum atomic E-state index is -0.800. The molecule has 33 heavy (non-hydrogen) atoms. The molecular weight excluding hydrogens is 423 g/mol. The van der Waals surface area contributed by atoms with Gasteiger partial charge in [0.1, 0.15) is 23.7 Å².